The molecular weight excluding hydrogens is 166 g/mol. The van der Waals surface area contributed by atoms with E-state index >= 15 is 0 Å². The van der Waals surface area contributed by atoms with Crippen LogP contribution < -0.4 is 0 Å². The van der Waals surface area contributed by atoms with E-state index in [1.807, 2.05) is 25.9 Å². The van der Waals surface area contributed by atoms with Gasteiger partial charge in [-0.15, -0.1) is 0 Å². The fourth-order valence-corrected chi connectivity index (χ4v) is 1.05. The van der Waals surface area contributed by atoms with Gasteiger partial charge in [0.15, 0.2) is 0 Å². The highest BCUT2D eigenvalue weighted by molar-refractivity contribution is 5.59. The average Bonchev–Trinajstić information content (AvgIpc) is 2.42. The highest BCUT2D eigenvalue weighted by atomic mass is 16.5. The largest absolute Gasteiger partial charge is 0.369 e. The van der Waals surface area contributed by atoms with Crippen LogP contribution in [0.3, 0.4) is 0 Å². The van der Waals surface area contributed by atoms with Crippen LogP contribution in [0.4, 0.5) is 5.88 Å². The molecule has 0 amide bonds. The van der Waals surface area contributed by atoms with Crippen LogP contribution in [0, 0.1) is 6.92 Å². The third-order valence-electron chi connectivity index (χ3n) is 1.72. The molecule has 4 nitrogen and oxygen atoms in total. The van der Waals surface area contributed by atoms with Crippen LogP contribution in [0.25, 0.3) is 0 Å². The fraction of sp³-hybridized carbons (Fsp3) is 0.556. The summed E-state index contributed by atoms with van der Waals surface area (Å²) in [6.07, 6.45) is 2.61. The number of rotatable bonds is 3. The zero-order chi connectivity index (χ0) is 9.84. The molecule has 0 bridgehead atoms. The molecule has 13 heavy (non-hydrogen) atoms. The highest BCUT2D eigenvalue weighted by Gasteiger charge is 2.08. The molecule has 1 aromatic heterocycles. The van der Waals surface area contributed by atoms with Crippen molar-refractivity contribution < 1.29 is 4.52 Å². The number of hydrogen-bond acceptors (Lipinski definition) is 3. The molecule has 1 aromatic rings. The van der Waals surface area contributed by atoms with Crippen LogP contribution in [0.15, 0.2) is 9.52 Å². The van der Waals surface area contributed by atoms with Crippen molar-refractivity contribution in [1.82, 2.24) is 10.1 Å². The summed E-state index contributed by atoms with van der Waals surface area (Å²) in [4.78, 5) is 6.03. The first-order valence-corrected chi connectivity index (χ1v) is 4.31. The van der Waals surface area contributed by atoms with Crippen molar-refractivity contribution in [3.63, 3.8) is 0 Å². The lowest BCUT2D eigenvalue weighted by atomic mass is 10.2. The first-order chi connectivity index (χ1) is 6.15. The molecule has 0 aliphatic heterocycles. The molecule has 0 unspecified atom stereocenters. The summed E-state index contributed by atoms with van der Waals surface area (Å²) in [6, 6.07) is 0. The maximum atomic E-state index is 5.06. The number of aliphatic imine (C=N–C) groups is 1. The zero-order valence-corrected chi connectivity index (χ0v) is 8.53. The number of aryl methyl sites for hydroxylation is 1. The lowest BCUT2D eigenvalue weighted by Gasteiger charge is -2.00. The van der Waals surface area contributed by atoms with Crippen molar-refractivity contribution >= 4 is 12.2 Å². The van der Waals surface area contributed by atoms with Crippen LogP contribution in [-0.4, -0.2) is 30.5 Å². The van der Waals surface area contributed by atoms with Gasteiger partial charge in [-0.05, 0) is 13.3 Å². The molecule has 1 heterocycles. The first-order valence-electron chi connectivity index (χ1n) is 4.31. The Morgan fingerprint density at radius 1 is 1.54 bits per heavy atom. The van der Waals surface area contributed by atoms with Crippen molar-refractivity contribution in [2.75, 3.05) is 14.1 Å². The SMILES string of the molecule is CCc1c(C)noc1N=CN(C)C. The van der Waals surface area contributed by atoms with Crippen molar-refractivity contribution in [2.24, 2.45) is 4.99 Å². The van der Waals surface area contributed by atoms with Crippen LogP contribution in [0.1, 0.15) is 18.2 Å². The molecule has 0 N–H and O–H groups in total. The number of nitrogens with zero attached hydrogens (tertiary/aromatic N) is 3. The molecule has 0 aromatic carbocycles. The Bertz CT molecular complexity index is 302. The van der Waals surface area contributed by atoms with Crippen LogP contribution in [0.5, 0.6) is 0 Å². The van der Waals surface area contributed by atoms with Gasteiger partial charge >= 0.3 is 0 Å². The molecule has 0 radical (unpaired) electrons. The Balaban J connectivity index is 2.88. The second-order valence-electron chi connectivity index (χ2n) is 3.11. The molecule has 0 atom stereocenters. The minimum atomic E-state index is 0.619. The topological polar surface area (TPSA) is 41.6 Å². The van der Waals surface area contributed by atoms with E-state index in [1.165, 1.54) is 0 Å². The van der Waals surface area contributed by atoms with Crippen molar-refractivity contribution in [3.8, 4) is 0 Å². The molecule has 4 heteroatoms. The van der Waals surface area contributed by atoms with E-state index < -0.39 is 0 Å². The van der Waals surface area contributed by atoms with Gasteiger partial charge in [0.25, 0.3) is 5.88 Å². The maximum absolute atomic E-state index is 5.06. The van der Waals surface area contributed by atoms with Gasteiger partial charge in [-0.25, -0.2) is 4.99 Å². The predicted molar refractivity (Wildman–Crippen MR) is 52.5 cm³/mol. The van der Waals surface area contributed by atoms with E-state index in [2.05, 4.69) is 17.1 Å². The van der Waals surface area contributed by atoms with Crippen LogP contribution >= 0.6 is 0 Å². The van der Waals surface area contributed by atoms with Gasteiger partial charge in [-0.1, -0.05) is 12.1 Å². The van der Waals surface area contributed by atoms with Crippen molar-refractivity contribution in [1.29, 1.82) is 0 Å². The molecule has 0 aliphatic carbocycles. The summed E-state index contributed by atoms with van der Waals surface area (Å²) in [5.41, 5.74) is 2.01. The van der Waals surface area contributed by atoms with Crippen molar-refractivity contribution in [2.45, 2.75) is 20.3 Å². The Kier molecular flexibility index (Phi) is 3.06. The summed E-state index contributed by atoms with van der Waals surface area (Å²) < 4.78 is 5.06. The predicted octanol–water partition coefficient (Wildman–Crippen LogP) is 1.77. The summed E-state index contributed by atoms with van der Waals surface area (Å²) >= 11 is 0. The van der Waals surface area contributed by atoms with Gasteiger partial charge in [0.05, 0.1) is 12.0 Å². The van der Waals surface area contributed by atoms with E-state index in [1.54, 1.807) is 6.34 Å². The van der Waals surface area contributed by atoms with Gasteiger partial charge in [0.1, 0.15) is 0 Å². The molecule has 0 fully saturated rings. The Labute approximate surface area is 78.2 Å². The Morgan fingerprint density at radius 2 is 2.23 bits per heavy atom. The lowest BCUT2D eigenvalue weighted by molar-refractivity contribution is 0.424. The van der Waals surface area contributed by atoms with E-state index in [4.69, 9.17) is 4.52 Å². The third kappa shape index (κ3) is 2.31. The second kappa shape index (κ2) is 4.07. The summed E-state index contributed by atoms with van der Waals surface area (Å²) in [7, 11) is 3.83. The van der Waals surface area contributed by atoms with E-state index in [0.29, 0.717) is 5.88 Å². The summed E-state index contributed by atoms with van der Waals surface area (Å²) in [6.45, 7) is 3.99. The maximum Gasteiger partial charge on any atom is 0.255 e. The average molecular weight is 181 g/mol. The smallest absolute Gasteiger partial charge is 0.255 e. The van der Waals surface area contributed by atoms with Crippen LogP contribution in [0.2, 0.25) is 0 Å². The highest BCUT2D eigenvalue weighted by Crippen LogP contribution is 2.21. The van der Waals surface area contributed by atoms with Gasteiger partial charge in [0, 0.05) is 19.7 Å². The Hall–Kier alpha value is -1.32. The molecule has 1 rings (SSSR count). The lowest BCUT2D eigenvalue weighted by Crippen LogP contribution is -2.07. The minimum Gasteiger partial charge on any atom is -0.369 e. The molecule has 0 aliphatic rings. The first kappa shape index (κ1) is 9.77. The summed E-state index contributed by atoms with van der Waals surface area (Å²) in [5, 5.41) is 3.86. The normalized spacial score (nSPS) is 11.1. The van der Waals surface area contributed by atoms with Gasteiger partial charge in [0.2, 0.25) is 0 Å². The van der Waals surface area contributed by atoms with Crippen LogP contribution in [-0.2, 0) is 6.42 Å². The minimum absolute atomic E-state index is 0.619. The third-order valence-corrected chi connectivity index (χ3v) is 1.72. The quantitative estimate of drug-likeness (QED) is 0.527. The van der Waals surface area contributed by atoms with E-state index in [-0.39, 0.29) is 0 Å². The molecular formula is C9H15N3O. The number of hydrogen-bond donors (Lipinski definition) is 0. The molecule has 72 valence electrons. The van der Waals surface area contributed by atoms with Gasteiger partial charge in [-0.3, -0.25) is 0 Å². The second-order valence-corrected chi connectivity index (χ2v) is 3.11. The monoisotopic (exact) mass is 181 g/mol. The molecule has 0 saturated heterocycles. The Morgan fingerprint density at radius 3 is 2.77 bits per heavy atom. The van der Waals surface area contributed by atoms with Gasteiger partial charge < -0.3 is 9.42 Å². The molecule has 0 saturated carbocycles. The van der Waals surface area contributed by atoms with E-state index in [0.717, 1.165) is 17.7 Å². The zero-order valence-electron chi connectivity index (χ0n) is 8.53. The molecule has 0 spiro atoms. The number of aromatic nitrogens is 1. The van der Waals surface area contributed by atoms with Gasteiger partial charge in [-0.2, -0.15) is 0 Å². The van der Waals surface area contributed by atoms with Crippen molar-refractivity contribution in [3.05, 3.63) is 11.3 Å². The van der Waals surface area contributed by atoms with E-state index in [9.17, 15) is 0 Å². The summed E-state index contributed by atoms with van der Waals surface area (Å²) in [5.74, 6) is 0.619. The fourth-order valence-electron chi connectivity index (χ4n) is 1.05. The standard InChI is InChI=1S/C9H15N3O/c1-5-8-7(2)11-13-9(8)10-6-12(3)4/h6H,5H2,1-4H3.